The van der Waals surface area contributed by atoms with Crippen LogP contribution in [0.1, 0.15) is 6.42 Å². The molecule has 1 saturated heterocycles. The van der Waals surface area contributed by atoms with Gasteiger partial charge in [0.15, 0.2) is 11.5 Å². The lowest BCUT2D eigenvalue weighted by molar-refractivity contribution is 0.0357. The van der Waals surface area contributed by atoms with E-state index in [-0.39, 0.29) is 0 Å². The summed E-state index contributed by atoms with van der Waals surface area (Å²) in [5.74, 6) is 2.48. The van der Waals surface area contributed by atoms with Crippen LogP contribution in [-0.2, 0) is 4.74 Å². The summed E-state index contributed by atoms with van der Waals surface area (Å²) in [5.41, 5.74) is 2.57. The minimum absolute atomic E-state index is 0.461. The van der Waals surface area contributed by atoms with E-state index in [1.165, 1.54) is 0 Å². The lowest BCUT2D eigenvalue weighted by Gasteiger charge is -2.26. The van der Waals surface area contributed by atoms with Crippen LogP contribution in [0, 0.1) is 0 Å². The lowest BCUT2D eigenvalue weighted by atomic mass is 10.2. The number of hydrogen-bond donors (Lipinski definition) is 2. The van der Waals surface area contributed by atoms with Crippen LogP contribution in [0.3, 0.4) is 0 Å². The molecule has 0 amide bonds. The van der Waals surface area contributed by atoms with Crippen molar-refractivity contribution >= 4 is 50.0 Å². The van der Waals surface area contributed by atoms with Crippen LogP contribution < -0.4 is 20.1 Å². The SMILES string of the molecule is COc1cc(Nc2nccc(Nc3cnc4ccc(Br)cc4c3)n2)ccc1OCCCN1CCOCC1. The van der Waals surface area contributed by atoms with Gasteiger partial charge in [0.1, 0.15) is 5.82 Å². The molecule has 0 atom stereocenters. The van der Waals surface area contributed by atoms with Crippen LogP contribution in [-0.4, -0.2) is 66.4 Å². The Morgan fingerprint density at radius 2 is 1.86 bits per heavy atom. The van der Waals surface area contributed by atoms with Crippen molar-refractivity contribution in [1.82, 2.24) is 19.9 Å². The van der Waals surface area contributed by atoms with Crippen LogP contribution in [0.15, 0.2) is 65.4 Å². The van der Waals surface area contributed by atoms with Crippen LogP contribution in [0.4, 0.5) is 23.1 Å². The van der Waals surface area contributed by atoms with Crippen molar-refractivity contribution in [3.63, 3.8) is 0 Å². The quantitative estimate of drug-likeness (QED) is 0.246. The molecule has 0 aliphatic carbocycles. The predicted molar refractivity (Wildman–Crippen MR) is 148 cm³/mol. The fourth-order valence-electron chi connectivity index (χ4n) is 4.10. The second-order valence-corrected chi connectivity index (χ2v) is 9.51. The zero-order valence-electron chi connectivity index (χ0n) is 20.6. The molecule has 0 saturated carbocycles. The highest BCUT2D eigenvalue weighted by Crippen LogP contribution is 2.31. The van der Waals surface area contributed by atoms with E-state index in [0.717, 1.165) is 66.0 Å². The Hall–Kier alpha value is -3.47. The van der Waals surface area contributed by atoms with Gasteiger partial charge in [0, 0.05) is 47.4 Å². The number of nitrogens with zero attached hydrogens (tertiary/aromatic N) is 4. The van der Waals surface area contributed by atoms with Gasteiger partial charge in [-0.1, -0.05) is 15.9 Å². The average molecular weight is 565 g/mol. The molecule has 192 valence electrons. The number of methoxy groups -OCH3 is 1. The van der Waals surface area contributed by atoms with Crippen LogP contribution in [0.5, 0.6) is 11.5 Å². The summed E-state index contributed by atoms with van der Waals surface area (Å²) in [6.07, 6.45) is 4.43. The lowest BCUT2D eigenvalue weighted by Crippen LogP contribution is -2.37. The molecule has 0 bridgehead atoms. The third kappa shape index (κ3) is 6.85. The molecule has 0 radical (unpaired) electrons. The maximum atomic E-state index is 5.99. The first kappa shape index (κ1) is 25.2. The van der Waals surface area contributed by atoms with Gasteiger partial charge in [-0.3, -0.25) is 9.88 Å². The van der Waals surface area contributed by atoms with E-state index < -0.39 is 0 Å². The zero-order chi connectivity index (χ0) is 25.5. The Bertz CT molecular complexity index is 1350. The van der Waals surface area contributed by atoms with Crippen molar-refractivity contribution < 1.29 is 14.2 Å². The largest absolute Gasteiger partial charge is 0.493 e. The van der Waals surface area contributed by atoms with Gasteiger partial charge in [-0.2, -0.15) is 4.98 Å². The van der Waals surface area contributed by atoms with Gasteiger partial charge < -0.3 is 24.8 Å². The van der Waals surface area contributed by atoms with E-state index in [0.29, 0.717) is 29.9 Å². The number of ether oxygens (including phenoxy) is 3. The van der Waals surface area contributed by atoms with Gasteiger partial charge in [0.2, 0.25) is 5.95 Å². The maximum Gasteiger partial charge on any atom is 0.229 e. The molecular formula is C27H29BrN6O3. The second-order valence-electron chi connectivity index (χ2n) is 8.60. The molecule has 10 heteroatoms. The van der Waals surface area contributed by atoms with Crippen molar-refractivity contribution in [2.45, 2.75) is 6.42 Å². The number of hydrogen-bond acceptors (Lipinski definition) is 9. The highest BCUT2D eigenvalue weighted by atomic mass is 79.9. The molecule has 2 N–H and O–H groups in total. The number of aromatic nitrogens is 3. The van der Waals surface area contributed by atoms with Gasteiger partial charge in [-0.05, 0) is 48.9 Å². The van der Waals surface area contributed by atoms with E-state index in [2.05, 4.69) is 46.4 Å². The van der Waals surface area contributed by atoms with Gasteiger partial charge in [-0.25, -0.2) is 4.98 Å². The molecule has 4 aromatic rings. The summed E-state index contributed by atoms with van der Waals surface area (Å²) < 4.78 is 18.0. The van der Waals surface area contributed by atoms with Crippen LogP contribution >= 0.6 is 15.9 Å². The Morgan fingerprint density at radius 3 is 2.73 bits per heavy atom. The topological polar surface area (TPSA) is 93.7 Å². The minimum atomic E-state index is 0.461. The first-order chi connectivity index (χ1) is 18.2. The summed E-state index contributed by atoms with van der Waals surface area (Å²) in [6, 6.07) is 15.5. The van der Waals surface area contributed by atoms with E-state index in [1.54, 1.807) is 19.5 Å². The van der Waals surface area contributed by atoms with Crippen molar-refractivity contribution in [2.24, 2.45) is 0 Å². The summed E-state index contributed by atoms with van der Waals surface area (Å²) >= 11 is 3.51. The Labute approximate surface area is 224 Å². The Kier molecular flexibility index (Phi) is 8.29. The number of rotatable bonds is 10. The first-order valence-electron chi connectivity index (χ1n) is 12.2. The molecule has 37 heavy (non-hydrogen) atoms. The van der Waals surface area contributed by atoms with Crippen LogP contribution in [0.2, 0.25) is 0 Å². The monoisotopic (exact) mass is 564 g/mol. The average Bonchev–Trinajstić information content (AvgIpc) is 2.92. The molecule has 1 fully saturated rings. The summed E-state index contributed by atoms with van der Waals surface area (Å²) in [4.78, 5) is 15.8. The zero-order valence-corrected chi connectivity index (χ0v) is 22.2. The fourth-order valence-corrected chi connectivity index (χ4v) is 4.47. The number of pyridine rings is 1. The molecular weight excluding hydrogens is 536 g/mol. The molecule has 3 heterocycles. The highest BCUT2D eigenvalue weighted by Gasteiger charge is 2.11. The summed E-state index contributed by atoms with van der Waals surface area (Å²) in [7, 11) is 1.64. The van der Waals surface area contributed by atoms with Crippen LogP contribution in [0.25, 0.3) is 10.9 Å². The van der Waals surface area contributed by atoms with Gasteiger partial charge in [0.05, 0.1) is 44.3 Å². The second kappa shape index (κ2) is 12.2. The van der Waals surface area contributed by atoms with Crippen molar-refractivity contribution in [3.05, 3.63) is 65.4 Å². The van der Waals surface area contributed by atoms with E-state index in [1.807, 2.05) is 48.5 Å². The normalized spacial score (nSPS) is 13.9. The summed E-state index contributed by atoms with van der Waals surface area (Å²) in [5, 5.41) is 7.57. The molecule has 5 rings (SSSR count). The minimum Gasteiger partial charge on any atom is -0.493 e. The number of benzene rings is 2. The summed E-state index contributed by atoms with van der Waals surface area (Å²) in [6.45, 7) is 5.21. The van der Waals surface area contributed by atoms with E-state index >= 15 is 0 Å². The van der Waals surface area contributed by atoms with Crippen molar-refractivity contribution in [2.75, 3.05) is 57.2 Å². The highest BCUT2D eigenvalue weighted by molar-refractivity contribution is 9.10. The smallest absolute Gasteiger partial charge is 0.229 e. The molecule has 0 unspecified atom stereocenters. The molecule has 9 nitrogen and oxygen atoms in total. The number of nitrogens with one attached hydrogen (secondary N) is 2. The third-order valence-electron chi connectivity index (χ3n) is 5.97. The molecule has 1 aliphatic heterocycles. The van der Waals surface area contributed by atoms with Gasteiger partial charge in [-0.15, -0.1) is 0 Å². The Balaban J connectivity index is 1.20. The number of fused-ring (bicyclic) bond motifs is 1. The molecule has 2 aromatic carbocycles. The standard InChI is InChI=1S/C27H29BrN6O3/c1-35-25-17-21(4-6-24(25)37-12-2-9-34-10-13-36-14-11-34)32-27-29-8-7-26(33-27)31-22-16-19-15-20(28)3-5-23(19)30-18-22/h3-8,15-18H,2,9-14H2,1H3,(H2,29,31,32,33). The van der Waals surface area contributed by atoms with Gasteiger partial charge in [0.25, 0.3) is 0 Å². The molecule has 1 aliphatic rings. The fraction of sp³-hybridized carbons (Fsp3) is 0.296. The van der Waals surface area contributed by atoms with E-state index in [9.17, 15) is 0 Å². The Morgan fingerprint density at radius 1 is 0.973 bits per heavy atom. The maximum absolute atomic E-state index is 5.99. The third-order valence-corrected chi connectivity index (χ3v) is 6.46. The van der Waals surface area contributed by atoms with E-state index in [4.69, 9.17) is 14.2 Å². The first-order valence-corrected chi connectivity index (χ1v) is 13.0. The molecule has 0 spiro atoms. The predicted octanol–water partition coefficient (Wildman–Crippen LogP) is 5.38. The number of halogens is 1. The molecule has 2 aromatic heterocycles. The van der Waals surface area contributed by atoms with Crippen molar-refractivity contribution in [3.8, 4) is 11.5 Å². The van der Waals surface area contributed by atoms with Crippen molar-refractivity contribution in [1.29, 1.82) is 0 Å². The number of anilines is 4. The number of morpholine rings is 1. The van der Waals surface area contributed by atoms with Gasteiger partial charge >= 0.3 is 0 Å².